The lowest BCUT2D eigenvalue weighted by Crippen LogP contribution is -2.04. The largest absolute Gasteiger partial charge is 0.328 e. The minimum absolute atomic E-state index is 0.0971. The number of carbonyl (C=O) groups excluding carboxylic acids is 1. The van der Waals surface area contributed by atoms with Gasteiger partial charge in [0, 0.05) is 22.8 Å². The molecule has 5 heteroatoms. The van der Waals surface area contributed by atoms with Gasteiger partial charge in [-0.15, -0.1) is 0 Å². The van der Waals surface area contributed by atoms with E-state index < -0.39 is 0 Å². The minimum atomic E-state index is -0.0971. The van der Waals surface area contributed by atoms with Crippen molar-refractivity contribution < 1.29 is 4.79 Å². The normalized spacial score (nSPS) is 15.4. The highest BCUT2D eigenvalue weighted by Gasteiger charge is 2.24. The van der Waals surface area contributed by atoms with E-state index >= 15 is 0 Å². The number of para-hydroxylation sites is 2. The second-order valence-electron chi connectivity index (χ2n) is 5.22. The molecule has 1 aromatic heterocycles. The number of nitrogens with one attached hydrogen (secondary N) is 1. The first-order valence-corrected chi connectivity index (χ1v) is 7.67. The number of amides is 1. The van der Waals surface area contributed by atoms with E-state index in [-0.39, 0.29) is 5.91 Å². The lowest BCUT2D eigenvalue weighted by atomic mass is 10.1. The van der Waals surface area contributed by atoms with Crippen molar-refractivity contribution in [2.45, 2.75) is 0 Å². The standard InChI is InChI=1S/C17H12BrN3O/c1-21-15-5-3-2-4-14(15)19-16(21)9-12-11-8-10(18)6-7-13(11)20-17(12)22/h2-9H,1H3,(H,20,22)/b12-9+. The third-order valence-electron chi connectivity index (χ3n) is 3.86. The predicted molar refractivity (Wildman–Crippen MR) is 91.4 cm³/mol. The van der Waals surface area contributed by atoms with Gasteiger partial charge in [0.05, 0.1) is 16.6 Å². The summed E-state index contributed by atoms with van der Waals surface area (Å²) in [6.07, 6.45) is 1.84. The first-order valence-electron chi connectivity index (χ1n) is 6.88. The Balaban J connectivity index is 1.91. The molecule has 1 aliphatic rings. The zero-order valence-electron chi connectivity index (χ0n) is 11.8. The van der Waals surface area contributed by atoms with E-state index in [0.717, 1.165) is 32.6 Å². The van der Waals surface area contributed by atoms with Gasteiger partial charge >= 0.3 is 0 Å². The Hall–Kier alpha value is -2.40. The molecule has 0 fully saturated rings. The van der Waals surface area contributed by atoms with Crippen LogP contribution >= 0.6 is 15.9 Å². The quantitative estimate of drug-likeness (QED) is 0.675. The Morgan fingerprint density at radius 1 is 1.23 bits per heavy atom. The maximum absolute atomic E-state index is 12.2. The number of hydrogen-bond acceptors (Lipinski definition) is 2. The van der Waals surface area contributed by atoms with Crippen LogP contribution in [0.4, 0.5) is 5.69 Å². The summed E-state index contributed by atoms with van der Waals surface area (Å²) in [4.78, 5) is 16.8. The maximum Gasteiger partial charge on any atom is 0.256 e. The number of halogens is 1. The van der Waals surface area contributed by atoms with Crippen LogP contribution in [-0.2, 0) is 11.8 Å². The smallest absolute Gasteiger partial charge is 0.256 e. The second-order valence-corrected chi connectivity index (χ2v) is 6.14. The molecule has 4 rings (SSSR count). The molecule has 0 bridgehead atoms. The number of imidazole rings is 1. The van der Waals surface area contributed by atoms with Crippen molar-refractivity contribution in [3.63, 3.8) is 0 Å². The monoisotopic (exact) mass is 353 g/mol. The van der Waals surface area contributed by atoms with Crippen molar-refractivity contribution in [3.8, 4) is 0 Å². The van der Waals surface area contributed by atoms with Gasteiger partial charge in [-0.2, -0.15) is 0 Å². The minimum Gasteiger partial charge on any atom is -0.328 e. The van der Waals surface area contributed by atoms with Gasteiger partial charge in [0.2, 0.25) is 0 Å². The molecule has 0 saturated heterocycles. The van der Waals surface area contributed by atoms with E-state index in [1.165, 1.54) is 0 Å². The molecule has 22 heavy (non-hydrogen) atoms. The highest BCUT2D eigenvalue weighted by atomic mass is 79.9. The van der Waals surface area contributed by atoms with Crippen LogP contribution in [0.1, 0.15) is 11.4 Å². The van der Waals surface area contributed by atoms with Crippen molar-refractivity contribution in [2.75, 3.05) is 5.32 Å². The summed E-state index contributed by atoms with van der Waals surface area (Å²) >= 11 is 3.45. The lowest BCUT2D eigenvalue weighted by molar-refractivity contribution is -0.110. The highest BCUT2D eigenvalue weighted by molar-refractivity contribution is 9.10. The summed E-state index contributed by atoms with van der Waals surface area (Å²) in [5.41, 5.74) is 4.33. The predicted octanol–water partition coefficient (Wildman–Crippen LogP) is 3.83. The van der Waals surface area contributed by atoms with Gasteiger partial charge in [-0.05, 0) is 36.4 Å². The van der Waals surface area contributed by atoms with Crippen LogP contribution in [0, 0.1) is 0 Å². The Morgan fingerprint density at radius 3 is 2.86 bits per heavy atom. The number of hydrogen-bond donors (Lipinski definition) is 1. The van der Waals surface area contributed by atoms with Crippen LogP contribution in [-0.4, -0.2) is 15.5 Å². The summed E-state index contributed by atoms with van der Waals surface area (Å²) in [5, 5.41) is 2.88. The third kappa shape index (κ3) is 1.97. The molecular weight excluding hydrogens is 342 g/mol. The van der Waals surface area contributed by atoms with Crippen molar-refractivity contribution in [1.29, 1.82) is 0 Å². The number of anilines is 1. The Kier molecular flexibility index (Phi) is 2.90. The van der Waals surface area contributed by atoms with Gasteiger partial charge in [-0.3, -0.25) is 4.79 Å². The van der Waals surface area contributed by atoms with Gasteiger partial charge in [0.25, 0.3) is 5.91 Å². The van der Waals surface area contributed by atoms with Gasteiger partial charge in [-0.1, -0.05) is 28.1 Å². The maximum atomic E-state index is 12.2. The molecule has 108 valence electrons. The molecule has 3 aromatic rings. The third-order valence-corrected chi connectivity index (χ3v) is 4.35. The van der Waals surface area contributed by atoms with Gasteiger partial charge in [0.1, 0.15) is 5.82 Å². The first-order chi connectivity index (χ1) is 10.6. The second kappa shape index (κ2) is 4.81. The Labute approximate surface area is 135 Å². The zero-order chi connectivity index (χ0) is 15.3. The SMILES string of the molecule is Cn1c(/C=C2/C(=O)Nc3ccc(Br)cc32)nc2ccccc21. The molecule has 4 nitrogen and oxygen atoms in total. The van der Waals surface area contributed by atoms with E-state index in [1.807, 2.05) is 60.2 Å². The van der Waals surface area contributed by atoms with E-state index in [2.05, 4.69) is 26.2 Å². The Bertz CT molecular complexity index is 956. The summed E-state index contributed by atoms with van der Waals surface area (Å²) in [7, 11) is 1.95. The number of nitrogens with zero attached hydrogens (tertiary/aromatic N) is 2. The van der Waals surface area contributed by atoms with Crippen molar-refractivity contribution >= 4 is 50.2 Å². The van der Waals surface area contributed by atoms with Crippen LogP contribution in [0.5, 0.6) is 0 Å². The van der Waals surface area contributed by atoms with E-state index in [4.69, 9.17) is 0 Å². The summed E-state index contributed by atoms with van der Waals surface area (Å²) in [6.45, 7) is 0. The van der Waals surface area contributed by atoms with Gasteiger partial charge in [-0.25, -0.2) is 4.98 Å². The molecule has 0 saturated carbocycles. The molecule has 0 aliphatic carbocycles. The van der Waals surface area contributed by atoms with Gasteiger partial charge in [0.15, 0.2) is 0 Å². The Morgan fingerprint density at radius 2 is 2.05 bits per heavy atom. The number of carbonyl (C=O) groups is 1. The van der Waals surface area contributed by atoms with E-state index in [0.29, 0.717) is 5.57 Å². The average molecular weight is 354 g/mol. The van der Waals surface area contributed by atoms with Gasteiger partial charge < -0.3 is 9.88 Å². The molecule has 2 heterocycles. The first kappa shape index (κ1) is 13.3. The van der Waals surface area contributed by atoms with Crippen LogP contribution in [0.3, 0.4) is 0 Å². The summed E-state index contributed by atoms with van der Waals surface area (Å²) in [5.74, 6) is 0.666. The fourth-order valence-corrected chi connectivity index (χ4v) is 3.09. The molecular formula is C17H12BrN3O. The molecule has 1 N–H and O–H groups in total. The molecule has 1 aliphatic heterocycles. The number of fused-ring (bicyclic) bond motifs is 2. The topological polar surface area (TPSA) is 46.9 Å². The molecule has 0 radical (unpaired) electrons. The molecule has 2 aromatic carbocycles. The number of rotatable bonds is 1. The van der Waals surface area contributed by atoms with E-state index in [9.17, 15) is 4.79 Å². The van der Waals surface area contributed by atoms with Crippen LogP contribution < -0.4 is 5.32 Å². The zero-order valence-corrected chi connectivity index (χ0v) is 13.4. The summed E-state index contributed by atoms with van der Waals surface area (Å²) in [6, 6.07) is 13.7. The molecule has 0 atom stereocenters. The van der Waals surface area contributed by atoms with Crippen LogP contribution in [0.15, 0.2) is 46.9 Å². The lowest BCUT2D eigenvalue weighted by Gasteiger charge is -2.00. The fraction of sp³-hybridized carbons (Fsp3) is 0.0588. The molecule has 0 unspecified atom stereocenters. The summed E-state index contributed by atoms with van der Waals surface area (Å²) < 4.78 is 2.93. The van der Waals surface area contributed by atoms with Crippen molar-refractivity contribution in [3.05, 3.63) is 58.3 Å². The van der Waals surface area contributed by atoms with Crippen molar-refractivity contribution in [1.82, 2.24) is 9.55 Å². The van der Waals surface area contributed by atoms with Crippen molar-refractivity contribution in [2.24, 2.45) is 7.05 Å². The van der Waals surface area contributed by atoms with Crippen LogP contribution in [0.2, 0.25) is 0 Å². The fourth-order valence-electron chi connectivity index (χ4n) is 2.73. The molecule has 0 spiro atoms. The number of aromatic nitrogens is 2. The number of aryl methyl sites for hydroxylation is 1. The van der Waals surface area contributed by atoms with Crippen LogP contribution in [0.25, 0.3) is 22.7 Å². The average Bonchev–Trinajstić information content (AvgIpc) is 2.99. The number of benzene rings is 2. The van der Waals surface area contributed by atoms with E-state index in [1.54, 1.807) is 0 Å². The molecule has 1 amide bonds. The highest BCUT2D eigenvalue weighted by Crippen LogP contribution is 2.35.